The lowest BCUT2D eigenvalue weighted by Crippen LogP contribution is -2.42. The highest BCUT2D eigenvalue weighted by Crippen LogP contribution is 2.39. The highest BCUT2D eigenvalue weighted by atomic mass is 32.1. The number of amides is 1. The van der Waals surface area contributed by atoms with E-state index in [0.717, 1.165) is 16.6 Å². The van der Waals surface area contributed by atoms with Gasteiger partial charge in [-0.2, -0.15) is 13.2 Å². The van der Waals surface area contributed by atoms with E-state index in [2.05, 4.69) is 4.57 Å². The Hall–Kier alpha value is -2.74. The minimum Gasteiger partial charge on any atom is -0.496 e. The zero-order chi connectivity index (χ0) is 19.9. The number of fused-ring (bicyclic) bond motifs is 1. The molecule has 0 radical (unpaired) electrons. The van der Waals surface area contributed by atoms with Crippen LogP contribution in [0, 0.1) is 0 Å². The Labute approximate surface area is 163 Å². The first kappa shape index (κ1) is 18.6. The summed E-state index contributed by atoms with van der Waals surface area (Å²) >= 11 is 1.52. The summed E-state index contributed by atoms with van der Waals surface area (Å²) in [5.41, 5.74) is -0.00444. The summed E-state index contributed by atoms with van der Waals surface area (Å²) in [6.45, 7) is 1.01. The minimum atomic E-state index is -4.61. The second-order valence-electron chi connectivity index (χ2n) is 6.46. The number of alkyl halides is 3. The molecule has 0 fully saturated rings. The lowest BCUT2D eigenvalue weighted by molar-refractivity contribution is -0.138. The summed E-state index contributed by atoms with van der Waals surface area (Å²) in [5.74, 6) is -0.731. The topological polar surface area (TPSA) is 34.5 Å². The van der Waals surface area contributed by atoms with Gasteiger partial charge in [0.2, 0.25) is 0 Å². The van der Waals surface area contributed by atoms with Crippen LogP contribution in [0.25, 0.3) is 0 Å². The Morgan fingerprint density at radius 2 is 2.00 bits per heavy atom. The van der Waals surface area contributed by atoms with Crippen LogP contribution < -0.4 is 4.74 Å². The van der Waals surface area contributed by atoms with E-state index >= 15 is 0 Å². The maximum Gasteiger partial charge on any atom is 0.419 e. The second kappa shape index (κ2) is 7.01. The third-order valence-electron chi connectivity index (χ3n) is 4.86. The Balaban J connectivity index is 1.75. The molecule has 8 heteroatoms. The molecule has 0 saturated heterocycles. The van der Waals surface area contributed by atoms with Crippen LogP contribution >= 0.6 is 11.3 Å². The van der Waals surface area contributed by atoms with Gasteiger partial charge in [0.1, 0.15) is 11.8 Å². The summed E-state index contributed by atoms with van der Waals surface area (Å²) < 4.78 is 47.0. The van der Waals surface area contributed by atoms with Crippen molar-refractivity contribution in [2.75, 3.05) is 13.7 Å². The van der Waals surface area contributed by atoms with Gasteiger partial charge in [0, 0.05) is 35.4 Å². The molecule has 0 unspecified atom stereocenters. The highest BCUT2D eigenvalue weighted by molar-refractivity contribution is 7.10. The van der Waals surface area contributed by atoms with Crippen LogP contribution in [0.4, 0.5) is 13.2 Å². The zero-order valence-electron chi connectivity index (χ0n) is 14.9. The fourth-order valence-corrected chi connectivity index (χ4v) is 4.43. The number of methoxy groups -OCH3 is 1. The van der Waals surface area contributed by atoms with E-state index in [9.17, 15) is 18.0 Å². The predicted molar refractivity (Wildman–Crippen MR) is 99.6 cm³/mol. The van der Waals surface area contributed by atoms with Crippen LogP contribution in [0.3, 0.4) is 0 Å². The number of thiophene rings is 1. The zero-order valence-corrected chi connectivity index (χ0v) is 15.8. The molecule has 1 atom stereocenters. The molecule has 3 heterocycles. The molecule has 146 valence electrons. The smallest absolute Gasteiger partial charge is 0.419 e. The molecular weight excluding hydrogens is 389 g/mol. The number of aromatic nitrogens is 1. The summed E-state index contributed by atoms with van der Waals surface area (Å²) in [6.07, 6.45) is -2.65. The van der Waals surface area contributed by atoms with Gasteiger partial charge in [-0.3, -0.25) is 4.79 Å². The van der Waals surface area contributed by atoms with Gasteiger partial charge in [-0.25, -0.2) is 0 Å². The van der Waals surface area contributed by atoms with Crippen LogP contribution in [0.15, 0.2) is 54.0 Å². The summed E-state index contributed by atoms with van der Waals surface area (Å²) in [5, 5.41) is 1.93. The molecule has 28 heavy (non-hydrogen) atoms. The third-order valence-corrected chi connectivity index (χ3v) is 5.79. The molecule has 0 saturated carbocycles. The van der Waals surface area contributed by atoms with Gasteiger partial charge in [-0.1, -0.05) is 6.07 Å². The lowest BCUT2D eigenvalue weighted by atomic mass is 10.0. The van der Waals surface area contributed by atoms with Crippen LogP contribution in [0.5, 0.6) is 5.75 Å². The average Bonchev–Trinajstić information content (AvgIpc) is 3.37. The van der Waals surface area contributed by atoms with Gasteiger partial charge < -0.3 is 14.2 Å². The van der Waals surface area contributed by atoms with Crippen LogP contribution in [0.2, 0.25) is 0 Å². The van der Waals surface area contributed by atoms with Crippen molar-refractivity contribution in [3.63, 3.8) is 0 Å². The van der Waals surface area contributed by atoms with Crippen molar-refractivity contribution in [1.82, 2.24) is 9.47 Å². The molecule has 0 N–H and O–H groups in total. The number of halogens is 3. The summed E-state index contributed by atoms with van der Waals surface area (Å²) in [4.78, 5) is 15.8. The van der Waals surface area contributed by atoms with Crippen molar-refractivity contribution in [2.45, 2.75) is 18.8 Å². The van der Waals surface area contributed by atoms with Crippen molar-refractivity contribution < 1.29 is 22.7 Å². The first-order chi connectivity index (χ1) is 13.4. The molecule has 1 aliphatic rings. The Morgan fingerprint density at radius 3 is 2.68 bits per heavy atom. The number of carbonyl (C=O) groups is 1. The van der Waals surface area contributed by atoms with Crippen molar-refractivity contribution in [1.29, 1.82) is 0 Å². The number of nitrogens with zero attached hydrogens (tertiary/aromatic N) is 2. The predicted octanol–water partition coefficient (Wildman–Crippen LogP) is 4.82. The lowest BCUT2D eigenvalue weighted by Gasteiger charge is -2.36. The van der Waals surface area contributed by atoms with E-state index in [0.29, 0.717) is 13.1 Å². The fraction of sp³-hybridized carbons (Fsp3) is 0.250. The van der Waals surface area contributed by atoms with E-state index in [1.54, 1.807) is 4.90 Å². The van der Waals surface area contributed by atoms with Crippen molar-refractivity contribution in [2.24, 2.45) is 0 Å². The minimum absolute atomic E-state index is 0.00492. The first-order valence-corrected chi connectivity index (χ1v) is 9.53. The van der Waals surface area contributed by atoms with E-state index in [4.69, 9.17) is 4.74 Å². The quantitative estimate of drug-likeness (QED) is 0.625. The normalized spacial score (nSPS) is 16.7. The maximum atomic E-state index is 13.4. The molecule has 1 aromatic carbocycles. The van der Waals surface area contributed by atoms with Crippen LogP contribution in [-0.2, 0) is 12.7 Å². The summed E-state index contributed by atoms with van der Waals surface area (Å²) in [6, 6.07) is 10.8. The number of rotatable bonds is 3. The van der Waals surface area contributed by atoms with Crippen molar-refractivity contribution >= 4 is 17.2 Å². The largest absolute Gasteiger partial charge is 0.496 e. The van der Waals surface area contributed by atoms with E-state index < -0.39 is 17.6 Å². The SMILES string of the molecule is COc1ccc(C(=O)N2CCn3cccc3[C@@H]2c2cccs2)cc1C(F)(F)F. The van der Waals surface area contributed by atoms with Gasteiger partial charge in [-0.15, -0.1) is 11.3 Å². The number of carbonyl (C=O) groups excluding carboxylic acids is 1. The van der Waals surface area contributed by atoms with Crippen LogP contribution in [0.1, 0.15) is 32.5 Å². The molecule has 1 aliphatic heterocycles. The van der Waals surface area contributed by atoms with Gasteiger partial charge >= 0.3 is 6.18 Å². The highest BCUT2D eigenvalue weighted by Gasteiger charge is 2.37. The molecule has 3 aromatic rings. The standard InChI is InChI=1S/C20H17F3N2O2S/c1-27-16-7-6-13(12-14(16)20(21,22)23)19(26)25-10-9-24-8-2-4-15(24)18(25)17-5-3-11-28-17/h2-8,11-12,18H,9-10H2,1H3/t18-/m1/s1. The Morgan fingerprint density at radius 1 is 1.18 bits per heavy atom. The average molecular weight is 406 g/mol. The monoisotopic (exact) mass is 406 g/mol. The van der Waals surface area contributed by atoms with E-state index in [-0.39, 0.29) is 17.4 Å². The third kappa shape index (κ3) is 3.17. The fourth-order valence-electron chi connectivity index (χ4n) is 3.58. The second-order valence-corrected chi connectivity index (χ2v) is 7.44. The van der Waals surface area contributed by atoms with Crippen molar-refractivity contribution in [3.8, 4) is 5.75 Å². The summed E-state index contributed by atoms with van der Waals surface area (Å²) in [7, 11) is 1.18. The number of benzene rings is 1. The van der Waals surface area contributed by atoms with Gasteiger partial charge in [0.15, 0.2) is 0 Å². The molecule has 0 spiro atoms. The molecular formula is C20H17F3N2O2S. The molecule has 2 aromatic heterocycles. The van der Waals surface area contributed by atoms with Crippen LogP contribution in [-0.4, -0.2) is 29.0 Å². The number of hydrogen-bond donors (Lipinski definition) is 0. The number of hydrogen-bond acceptors (Lipinski definition) is 3. The van der Waals surface area contributed by atoms with E-state index in [1.165, 1.54) is 30.6 Å². The number of ether oxygens (including phenoxy) is 1. The maximum absolute atomic E-state index is 13.4. The molecule has 1 amide bonds. The Kier molecular flexibility index (Phi) is 4.66. The molecule has 0 aliphatic carbocycles. The molecule has 4 rings (SSSR count). The molecule has 4 nitrogen and oxygen atoms in total. The van der Waals surface area contributed by atoms with Gasteiger partial charge in [0.05, 0.1) is 12.7 Å². The Bertz CT molecular complexity index is 995. The van der Waals surface area contributed by atoms with Gasteiger partial charge in [-0.05, 0) is 41.8 Å². The first-order valence-electron chi connectivity index (χ1n) is 8.65. The van der Waals surface area contributed by atoms with E-state index in [1.807, 2.05) is 35.8 Å². The van der Waals surface area contributed by atoms with Crippen molar-refractivity contribution in [3.05, 3.63) is 75.7 Å². The van der Waals surface area contributed by atoms with Gasteiger partial charge in [0.25, 0.3) is 5.91 Å². The molecule has 0 bridgehead atoms.